The second kappa shape index (κ2) is 9.14. The predicted octanol–water partition coefficient (Wildman–Crippen LogP) is 6.14. The number of aryl methyl sites for hydroxylation is 1. The highest BCUT2D eigenvalue weighted by Crippen LogP contribution is 2.27. The number of hydrogen-bond donors (Lipinski definition) is 1. The molecule has 0 saturated heterocycles. The van der Waals surface area contributed by atoms with Gasteiger partial charge in [-0.3, -0.25) is 4.79 Å². The Balaban J connectivity index is 1.29. The number of amides is 1. The molecule has 1 amide bonds. The molecule has 1 N–H and O–H groups in total. The lowest BCUT2D eigenvalue weighted by atomic mass is 10.0. The van der Waals surface area contributed by atoms with Crippen LogP contribution < -0.4 is 5.32 Å². The first-order chi connectivity index (χ1) is 17.3. The van der Waals surface area contributed by atoms with Crippen LogP contribution in [0.1, 0.15) is 35.4 Å². The summed E-state index contributed by atoms with van der Waals surface area (Å²) >= 11 is 0. The number of anilines is 1. The van der Waals surface area contributed by atoms with Gasteiger partial charge in [0.05, 0.1) is 16.8 Å². The molecule has 172 valence electrons. The first kappa shape index (κ1) is 21.2. The standard InChI is InChI=1S/C29H25N5O/c35-29(24-19-26(20-9-3-1-4-10-20)31-25-12-7-6-11-23(24)25)30-22-16-14-21(15-17-22)28-33-32-27-13-5-2-8-18-34(27)28/h1,3-4,6-7,9-12,14-17,19H,2,5,8,13,18H2,(H,30,35). The van der Waals surface area contributed by atoms with E-state index in [0.29, 0.717) is 5.56 Å². The number of fused-ring (bicyclic) bond motifs is 2. The summed E-state index contributed by atoms with van der Waals surface area (Å²) < 4.78 is 2.23. The van der Waals surface area contributed by atoms with Gasteiger partial charge in [-0.25, -0.2) is 4.98 Å². The van der Waals surface area contributed by atoms with Crippen molar-refractivity contribution >= 4 is 22.5 Å². The molecule has 6 rings (SSSR count). The smallest absolute Gasteiger partial charge is 0.256 e. The second-order valence-corrected chi connectivity index (χ2v) is 8.87. The van der Waals surface area contributed by atoms with Gasteiger partial charge in [-0.15, -0.1) is 10.2 Å². The molecule has 1 aliphatic rings. The van der Waals surface area contributed by atoms with Gasteiger partial charge in [0.2, 0.25) is 0 Å². The van der Waals surface area contributed by atoms with Gasteiger partial charge in [0, 0.05) is 35.2 Å². The Morgan fingerprint density at radius 2 is 1.60 bits per heavy atom. The van der Waals surface area contributed by atoms with Crippen LogP contribution >= 0.6 is 0 Å². The van der Waals surface area contributed by atoms with Crippen molar-refractivity contribution in [3.8, 4) is 22.6 Å². The average Bonchev–Trinajstić information content (AvgIpc) is 3.16. The molecule has 2 aromatic heterocycles. The Morgan fingerprint density at radius 3 is 2.46 bits per heavy atom. The van der Waals surface area contributed by atoms with E-state index >= 15 is 0 Å². The van der Waals surface area contributed by atoms with Gasteiger partial charge in [0.1, 0.15) is 5.82 Å². The summed E-state index contributed by atoms with van der Waals surface area (Å²) in [6.45, 7) is 0.953. The number of benzene rings is 3. The molecule has 1 aliphatic heterocycles. The molecule has 3 aromatic carbocycles. The van der Waals surface area contributed by atoms with Gasteiger partial charge in [0.15, 0.2) is 5.82 Å². The van der Waals surface area contributed by atoms with Gasteiger partial charge < -0.3 is 9.88 Å². The van der Waals surface area contributed by atoms with E-state index in [9.17, 15) is 4.79 Å². The van der Waals surface area contributed by atoms with E-state index in [1.54, 1.807) is 0 Å². The van der Waals surface area contributed by atoms with Crippen LogP contribution in [0.4, 0.5) is 5.69 Å². The van der Waals surface area contributed by atoms with Crippen LogP contribution in [0.5, 0.6) is 0 Å². The zero-order valence-corrected chi connectivity index (χ0v) is 19.3. The van der Waals surface area contributed by atoms with Crippen LogP contribution in [0, 0.1) is 0 Å². The molecule has 0 fully saturated rings. The number of pyridine rings is 1. The van der Waals surface area contributed by atoms with Gasteiger partial charge in [0.25, 0.3) is 5.91 Å². The molecule has 0 bridgehead atoms. The maximum Gasteiger partial charge on any atom is 0.256 e. The van der Waals surface area contributed by atoms with Crippen molar-refractivity contribution < 1.29 is 4.79 Å². The van der Waals surface area contributed by atoms with Crippen LogP contribution in [0.25, 0.3) is 33.5 Å². The number of nitrogens with zero attached hydrogens (tertiary/aromatic N) is 4. The monoisotopic (exact) mass is 459 g/mol. The summed E-state index contributed by atoms with van der Waals surface area (Å²) in [5, 5.41) is 12.7. The number of carbonyl (C=O) groups is 1. The van der Waals surface area contributed by atoms with Crippen LogP contribution in [-0.2, 0) is 13.0 Å². The summed E-state index contributed by atoms with van der Waals surface area (Å²) in [5.74, 6) is 1.80. The lowest BCUT2D eigenvalue weighted by Crippen LogP contribution is -2.13. The third kappa shape index (κ3) is 4.19. The molecule has 6 nitrogen and oxygen atoms in total. The van der Waals surface area contributed by atoms with Crippen LogP contribution in [0.2, 0.25) is 0 Å². The second-order valence-electron chi connectivity index (χ2n) is 8.87. The highest BCUT2D eigenvalue weighted by atomic mass is 16.1. The Hall–Kier alpha value is -4.32. The fourth-order valence-electron chi connectivity index (χ4n) is 4.72. The number of nitrogens with one attached hydrogen (secondary N) is 1. The molecule has 0 unspecified atom stereocenters. The molecule has 35 heavy (non-hydrogen) atoms. The fraction of sp³-hybridized carbons (Fsp3) is 0.172. The van der Waals surface area contributed by atoms with E-state index in [1.807, 2.05) is 84.9 Å². The van der Waals surface area contributed by atoms with Crippen LogP contribution in [0.3, 0.4) is 0 Å². The number of para-hydroxylation sites is 1. The lowest BCUT2D eigenvalue weighted by Gasteiger charge is -2.11. The molecular formula is C29H25N5O. The third-order valence-corrected chi connectivity index (χ3v) is 6.54. The van der Waals surface area contributed by atoms with Crippen molar-refractivity contribution in [2.75, 3.05) is 5.32 Å². The molecule has 0 aliphatic carbocycles. The highest BCUT2D eigenvalue weighted by molar-refractivity contribution is 6.13. The minimum atomic E-state index is -0.162. The number of aromatic nitrogens is 4. The Bertz CT molecular complexity index is 1510. The summed E-state index contributed by atoms with van der Waals surface area (Å²) in [5.41, 5.74) is 4.88. The molecule has 6 heteroatoms. The summed E-state index contributed by atoms with van der Waals surface area (Å²) in [6, 6.07) is 27.4. The molecule has 3 heterocycles. The van der Waals surface area contributed by atoms with Crippen LogP contribution in [-0.4, -0.2) is 25.7 Å². The van der Waals surface area contributed by atoms with Crippen molar-refractivity contribution in [1.29, 1.82) is 0 Å². The summed E-state index contributed by atoms with van der Waals surface area (Å²) in [6.07, 6.45) is 4.52. The van der Waals surface area contributed by atoms with E-state index in [1.165, 1.54) is 12.8 Å². The molecule has 0 atom stereocenters. The quantitative estimate of drug-likeness (QED) is 0.350. The maximum atomic E-state index is 13.4. The third-order valence-electron chi connectivity index (χ3n) is 6.54. The predicted molar refractivity (Wildman–Crippen MR) is 138 cm³/mol. The normalized spacial score (nSPS) is 13.3. The molecular weight excluding hydrogens is 434 g/mol. The number of hydrogen-bond acceptors (Lipinski definition) is 4. The van der Waals surface area contributed by atoms with Crippen molar-refractivity contribution in [1.82, 2.24) is 19.7 Å². The summed E-state index contributed by atoms with van der Waals surface area (Å²) in [4.78, 5) is 18.2. The topological polar surface area (TPSA) is 72.7 Å². The highest BCUT2D eigenvalue weighted by Gasteiger charge is 2.17. The van der Waals surface area contributed by atoms with Crippen molar-refractivity contribution in [2.24, 2.45) is 0 Å². The van der Waals surface area contributed by atoms with E-state index in [0.717, 1.165) is 64.4 Å². The first-order valence-corrected chi connectivity index (χ1v) is 12.1. The van der Waals surface area contributed by atoms with E-state index < -0.39 is 0 Å². The molecule has 0 spiro atoms. The number of carbonyl (C=O) groups excluding carboxylic acids is 1. The van der Waals surface area contributed by atoms with E-state index in [-0.39, 0.29) is 5.91 Å². The fourth-order valence-corrected chi connectivity index (χ4v) is 4.72. The first-order valence-electron chi connectivity index (χ1n) is 12.1. The van der Waals surface area contributed by atoms with Gasteiger partial charge in [-0.05, 0) is 49.2 Å². The zero-order valence-electron chi connectivity index (χ0n) is 19.3. The van der Waals surface area contributed by atoms with Crippen molar-refractivity contribution in [3.63, 3.8) is 0 Å². The average molecular weight is 460 g/mol. The minimum Gasteiger partial charge on any atom is -0.322 e. The molecule has 0 saturated carbocycles. The Morgan fingerprint density at radius 1 is 0.800 bits per heavy atom. The summed E-state index contributed by atoms with van der Waals surface area (Å²) in [7, 11) is 0. The number of rotatable bonds is 4. The molecule has 5 aromatic rings. The van der Waals surface area contributed by atoms with Gasteiger partial charge in [-0.2, -0.15) is 0 Å². The van der Waals surface area contributed by atoms with Gasteiger partial charge in [-0.1, -0.05) is 55.0 Å². The van der Waals surface area contributed by atoms with Crippen molar-refractivity contribution in [3.05, 3.63) is 96.3 Å². The maximum absolute atomic E-state index is 13.4. The van der Waals surface area contributed by atoms with Crippen LogP contribution in [0.15, 0.2) is 84.9 Å². The SMILES string of the molecule is O=C(Nc1ccc(-c2nnc3n2CCCCC3)cc1)c1cc(-c2ccccc2)nc2ccccc12. The largest absolute Gasteiger partial charge is 0.322 e. The molecule has 0 radical (unpaired) electrons. The zero-order chi connectivity index (χ0) is 23.6. The van der Waals surface area contributed by atoms with Crippen molar-refractivity contribution in [2.45, 2.75) is 32.2 Å². The Kier molecular flexibility index (Phi) is 5.54. The van der Waals surface area contributed by atoms with Gasteiger partial charge >= 0.3 is 0 Å². The van der Waals surface area contributed by atoms with E-state index in [4.69, 9.17) is 4.98 Å². The van der Waals surface area contributed by atoms with E-state index in [2.05, 4.69) is 20.1 Å². The Labute approximate surface area is 203 Å². The lowest BCUT2D eigenvalue weighted by molar-refractivity contribution is 0.102. The minimum absolute atomic E-state index is 0.162.